The number of aryl methyl sites for hydroxylation is 1. The number of thiophene rings is 1. The second-order valence-electron chi connectivity index (χ2n) is 7.29. The molecule has 4 nitrogen and oxygen atoms in total. The zero-order chi connectivity index (χ0) is 20.6. The van der Waals surface area contributed by atoms with Gasteiger partial charge in [0.1, 0.15) is 12.4 Å². The molecule has 1 aromatic carbocycles. The lowest BCUT2D eigenvalue weighted by atomic mass is 10.0. The Morgan fingerprint density at radius 3 is 2.73 bits per heavy atom. The van der Waals surface area contributed by atoms with Crippen molar-refractivity contribution in [3.05, 3.63) is 112 Å². The van der Waals surface area contributed by atoms with Crippen LogP contribution >= 0.6 is 11.3 Å². The Morgan fingerprint density at radius 2 is 1.97 bits per heavy atom. The normalized spacial score (nSPS) is 11.9. The van der Waals surface area contributed by atoms with Gasteiger partial charge in [-0.2, -0.15) is 11.3 Å². The molecule has 0 aliphatic carbocycles. The van der Waals surface area contributed by atoms with Gasteiger partial charge in [0, 0.05) is 18.9 Å². The van der Waals surface area contributed by atoms with E-state index in [2.05, 4.69) is 63.3 Å². The average molecular weight is 416 g/mol. The highest BCUT2D eigenvalue weighted by atomic mass is 32.1. The Labute approximate surface area is 181 Å². The Hall–Kier alpha value is -3.02. The lowest BCUT2D eigenvalue weighted by Crippen LogP contribution is -2.23. The number of hydrogen-bond acceptors (Lipinski definition) is 5. The van der Waals surface area contributed by atoms with Crippen molar-refractivity contribution >= 4 is 11.3 Å². The Bertz CT molecular complexity index is 1030. The minimum Gasteiger partial charge on any atom is -0.487 e. The van der Waals surface area contributed by atoms with Crippen molar-refractivity contribution in [3.63, 3.8) is 0 Å². The summed E-state index contributed by atoms with van der Waals surface area (Å²) >= 11 is 1.73. The van der Waals surface area contributed by atoms with Gasteiger partial charge in [0.15, 0.2) is 0 Å². The first kappa shape index (κ1) is 20.3. The summed E-state index contributed by atoms with van der Waals surface area (Å²) in [6.07, 6.45) is 4.63. The number of pyridine rings is 2. The summed E-state index contributed by atoms with van der Waals surface area (Å²) in [4.78, 5) is 8.97. The molecular weight excluding hydrogens is 390 g/mol. The zero-order valence-electron chi connectivity index (χ0n) is 17.0. The van der Waals surface area contributed by atoms with Crippen LogP contribution in [-0.2, 0) is 19.6 Å². The van der Waals surface area contributed by atoms with Gasteiger partial charge in [-0.05, 0) is 77.2 Å². The Balaban J connectivity index is 1.42. The molecule has 1 atom stereocenters. The minimum atomic E-state index is 0.151. The van der Waals surface area contributed by atoms with E-state index in [1.165, 1.54) is 16.7 Å². The molecular formula is C25H25N3OS. The highest BCUT2D eigenvalue weighted by Crippen LogP contribution is 2.21. The van der Waals surface area contributed by atoms with Gasteiger partial charge in [0.2, 0.25) is 0 Å². The molecule has 0 spiro atoms. The molecule has 0 bridgehead atoms. The van der Waals surface area contributed by atoms with E-state index in [1.54, 1.807) is 17.5 Å². The number of benzene rings is 1. The summed E-state index contributed by atoms with van der Waals surface area (Å²) in [5.74, 6) is 0.850. The molecule has 0 aliphatic heterocycles. The molecule has 0 radical (unpaired) electrons. The van der Waals surface area contributed by atoms with Crippen molar-refractivity contribution in [3.8, 4) is 5.75 Å². The third-order valence-electron chi connectivity index (χ3n) is 4.88. The van der Waals surface area contributed by atoms with Gasteiger partial charge < -0.3 is 10.1 Å². The molecule has 0 amide bonds. The number of nitrogens with one attached hydrogen (secondary N) is 1. The number of nitrogens with zero attached hydrogens (tertiary/aromatic N) is 2. The molecule has 3 aromatic heterocycles. The first-order valence-electron chi connectivity index (χ1n) is 10.0. The lowest BCUT2D eigenvalue weighted by molar-refractivity contribution is 0.301. The summed E-state index contributed by atoms with van der Waals surface area (Å²) in [6, 6.07) is 20.6. The maximum absolute atomic E-state index is 5.92. The van der Waals surface area contributed by atoms with Gasteiger partial charge >= 0.3 is 0 Å². The summed E-state index contributed by atoms with van der Waals surface area (Å²) in [5.41, 5.74) is 5.66. The van der Waals surface area contributed by atoms with E-state index in [-0.39, 0.29) is 6.04 Å². The SMILES string of the molecule is Cc1ccc([C@@H](Cc2ccsc2)NCc2cccc(OCc3ccccn3)c2)nc1. The standard InChI is InChI=1S/C25H25N3OS/c1-19-8-9-24(27-15-19)25(14-21-10-12-30-18-21)28-16-20-5-4-7-23(13-20)29-17-22-6-2-3-11-26-22/h2-13,15,18,25,28H,14,16-17H2,1H3/t25-/m1/s1. The summed E-state index contributed by atoms with van der Waals surface area (Å²) in [6.45, 7) is 3.27. The number of hydrogen-bond donors (Lipinski definition) is 1. The topological polar surface area (TPSA) is 47.0 Å². The maximum atomic E-state index is 5.92. The van der Waals surface area contributed by atoms with Crippen LogP contribution < -0.4 is 10.1 Å². The van der Waals surface area contributed by atoms with E-state index < -0.39 is 0 Å². The monoisotopic (exact) mass is 415 g/mol. The Kier molecular flexibility index (Phi) is 6.85. The smallest absolute Gasteiger partial charge is 0.130 e. The molecule has 5 heteroatoms. The summed E-state index contributed by atoms with van der Waals surface area (Å²) in [7, 11) is 0. The van der Waals surface area contributed by atoms with E-state index in [9.17, 15) is 0 Å². The van der Waals surface area contributed by atoms with Crippen molar-refractivity contribution in [2.45, 2.75) is 32.5 Å². The molecule has 0 unspecified atom stereocenters. The van der Waals surface area contributed by atoms with E-state index in [0.717, 1.165) is 30.1 Å². The van der Waals surface area contributed by atoms with Crippen molar-refractivity contribution < 1.29 is 4.74 Å². The lowest BCUT2D eigenvalue weighted by Gasteiger charge is -2.18. The highest BCUT2D eigenvalue weighted by Gasteiger charge is 2.14. The van der Waals surface area contributed by atoms with Crippen molar-refractivity contribution in [1.29, 1.82) is 0 Å². The fraction of sp³-hybridized carbons (Fsp3) is 0.200. The second-order valence-corrected chi connectivity index (χ2v) is 8.07. The predicted molar refractivity (Wildman–Crippen MR) is 122 cm³/mol. The van der Waals surface area contributed by atoms with Gasteiger partial charge in [0.25, 0.3) is 0 Å². The van der Waals surface area contributed by atoms with Crippen molar-refractivity contribution in [1.82, 2.24) is 15.3 Å². The van der Waals surface area contributed by atoms with Gasteiger partial charge in [-0.15, -0.1) is 0 Å². The first-order valence-corrected chi connectivity index (χ1v) is 11.0. The van der Waals surface area contributed by atoms with Gasteiger partial charge in [-0.3, -0.25) is 9.97 Å². The molecule has 0 saturated carbocycles. The number of aromatic nitrogens is 2. The van der Waals surface area contributed by atoms with Gasteiger partial charge in [0.05, 0.1) is 17.4 Å². The zero-order valence-corrected chi connectivity index (χ0v) is 17.8. The van der Waals surface area contributed by atoms with Crippen LogP contribution in [0.4, 0.5) is 0 Å². The molecule has 152 valence electrons. The van der Waals surface area contributed by atoms with E-state index in [1.807, 2.05) is 36.5 Å². The van der Waals surface area contributed by atoms with Crippen LogP contribution in [-0.4, -0.2) is 9.97 Å². The first-order chi connectivity index (χ1) is 14.8. The maximum Gasteiger partial charge on any atom is 0.130 e. The largest absolute Gasteiger partial charge is 0.487 e. The van der Waals surface area contributed by atoms with Crippen LogP contribution in [0.15, 0.2) is 83.8 Å². The fourth-order valence-electron chi connectivity index (χ4n) is 3.24. The second kappa shape index (κ2) is 10.1. The van der Waals surface area contributed by atoms with Crippen LogP contribution in [0.3, 0.4) is 0 Å². The van der Waals surface area contributed by atoms with E-state index in [4.69, 9.17) is 4.74 Å². The molecule has 4 aromatic rings. The van der Waals surface area contributed by atoms with E-state index in [0.29, 0.717) is 6.61 Å². The highest BCUT2D eigenvalue weighted by molar-refractivity contribution is 7.07. The molecule has 4 rings (SSSR count). The van der Waals surface area contributed by atoms with E-state index >= 15 is 0 Å². The molecule has 0 aliphatic rings. The minimum absolute atomic E-state index is 0.151. The summed E-state index contributed by atoms with van der Waals surface area (Å²) in [5, 5.41) is 8.01. The summed E-state index contributed by atoms with van der Waals surface area (Å²) < 4.78 is 5.92. The average Bonchev–Trinajstić information content (AvgIpc) is 3.30. The Morgan fingerprint density at radius 1 is 1.00 bits per heavy atom. The third-order valence-corrected chi connectivity index (χ3v) is 5.61. The van der Waals surface area contributed by atoms with Crippen LogP contribution in [0, 0.1) is 6.92 Å². The van der Waals surface area contributed by atoms with Crippen LogP contribution in [0.5, 0.6) is 5.75 Å². The van der Waals surface area contributed by atoms with Crippen LogP contribution in [0.25, 0.3) is 0 Å². The number of rotatable bonds is 9. The molecule has 0 saturated heterocycles. The fourth-order valence-corrected chi connectivity index (χ4v) is 3.92. The third kappa shape index (κ3) is 5.75. The van der Waals surface area contributed by atoms with Crippen molar-refractivity contribution in [2.24, 2.45) is 0 Å². The molecule has 0 fully saturated rings. The van der Waals surface area contributed by atoms with Crippen LogP contribution in [0.1, 0.15) is 34.1 Å². The van der Waals surface area contributed by atoms with Crippen LogP contribution in [0.2, 0.25) is 0 Å². The van der Waals surface area contributed by atoms with Crippen molar-refractivity contribution in [2.75, 3.05) is 0 Å². The molecule has 3 heterocycles. The molecule has 1 N–H and O–H groups in total. The molecule has 30 heavy (non-hydrogen) atoms. The quantitative estimate of drug-likeness (QED) is 0.392. The predicted octanol–water partition coefficient (Wildman–Crippen LogP) is 5.50. The van der Waals surface area contributed by atoms with Gasteiger partial charge in [-0.25, -0.2) is 0 Å². The van der Waals surface area contributed by atoms with Gasteiger partial charge in [-0.1, -0.05) is 24.3 Å². The number of ether oxygens (including phenoxy) is 1.